The third-order valence-electron chi connectivity index (χ3n) is 3.85. The normalized spacial score (nSPS) is 13.0. The predicted molar refractivity (Wildman–Crippen MR) is 109 cm³/mol. The molecule has 158 valence electrons. The molecule has 11 heteroatoms. The van der Waals surface area contributed by atoms with E-state index in [4.69, 9.17) is 16.0 Å². The molecule has 1 unspecified atom stereocenters. The molecule has 2 aromatic heterocycles. The summed E-state index contributed by atoms with van der Waals surface area (Å²) in [6.45, 7) is 3.37. The van der Waals surface area contributed by atoms with Crippen LogP contribution in [-0.4, -0.2) is 26.3 Å². The van der Waals surface area contributed by atoms with E-state index in [9.17, 15) is 18.0 Å². The number of aryl methyl sites for hydroxylation is 1. The van der Waals surface area contributed by atoms with Crippen molar-refractivity contribution < 1.29 is 22.4 Å². The number of furan rings is 1. The lowest BCUT2D eigenvalue weighted by molar-refractivity contribution is -0.137. The number of aromatic nitrogens is 3. The van der Waals surface area contributed by atoms with E-state index in [2.05, 4.69) is 20.5 Å². The molecule has 0 bridgehead atoms. The first kappa shape index (κ1) is 22.0. The molecule has 0 radical (unpaired) electrons. The second-order valence-electron chi connectivity index (χ2n) is 6.22. The summed E-state index contributed by atoms with van der Waals surface area (Å²) in [5.41, 5.74) is -1.38. The summed E-state index contributed by atoms with van der Waals surface area (Å²) in [5, 5.41) is 8.45. The smallest absolute Gasteiger partial charge is 0.418 e. The fraction of sp³-hybridized carbons (Fsp3) is 0.211. The second-order valence-corrected chi connectivity index (χ2v) is 7.97. The van der Waals surface area contributed by atoms with Gasteiger partial charge in [-0.25, -0.2) is 4.98 Å². The highest BCUT2D eigenvalue weighted by molar-refractivity contribution is 8.00. The zero-order valence-electron chi connectivity index (χ0n) is 15.7. The number of halogens is 4. The van der Waals surface area contributed by atoms with Gasteiger partial charge in [0.1, 0.15) is 17.3 Å². The summed E-state index contributed by atoms with van der Waals surface area (Å²) < 4.78 is 44.9. The van der Waals surface area contributed by atoms with Crippen LogP contribution in [-0.2, 0) is 11.0 Å². The van der Waals surface area contributed by atoms with Crippen LogP contribution in [0.1, 0.15) is 29.8 Å². The third-order valence-corrected chi connectivity index (χ3v) is 5.04. The molecule has 30 heavy (non-hydrogen) atoms. The molecule has 3 rings (SSSR count). The van der Waals surface area contributed by atoms with Gasteiger partial charge in [0, 0.05) is 5.02 Å². The van der Waals surface area contributed by atoms with Crippen LogP contribution in [0, 0.1) is 6.92 Å². The van der Waals surface area contributed by atoms with E-state index in [1.54, 1.807) is 25.1 Å². The Balaban J connectivity index is 1.64. The van der Waals surface area contributed by atoms with E-state index < -0.39 is 22.9 Å². The molecule has 0 saturated carbocycles. The van der Waals surface area contributed by atoms with Gasteiger partial charge in [-0.3, -0.25) is 9.89 Å². The van der Waals surface area contributed by atoms with Crippen LogP contribution >= 0.6 is 23.4 Å². The van der Waals surface area contributed by atoms with Crippen molar-refractivity contribution in [1.29, 1.82) is 0 Å². The number of carbonyl (C=O) groups is 1. The van der Waals surface area contributed by atoms with Gasteiger partial charge in [-0.2, -0.15) is 13.2 Å². The Kier molecular flexibility index (Phi) is 6.57. The van der Waals surface area contributed by atoms with Crippen molar-refractivity contribution in [3.63, 3.8) is 0 Å². The molecule has 2 N–H and O–H groups in total. The number of rotatable bonds is 6. The predicted octanol–water partition coefficient (Wildman–Crippen LogP) is 5.67. The zero-order chi connectivity index (χ0) is 21.9. The molecule has 1 aromatic carbocycles. The van der Waals surface area contributed by atoms with Crippen molar-refractivity contribution in [2.45, 2.75) is 30.4 Å². The maximum Gasteiger partial charge on any atom is 0.418 e. The maximum atomic E-state index is 13.2. The average Bonchev–Trinajstić information content (AvgIpc) is 3.29. The Bertz CT molecular complexity index is 1080. The molecule has 0 aliphatic carbocycles. The molecule has 1 atom stereocenters. The van der Waals surface area contributed by atoms with Gasteiger partial charge in [0.15, 0.2) is 0 Å². The first-order valence-corrected chi connectivity index (χ1v) is 9.89. The van der Waals surface area contributed by atoms with Crippen molar-refractivity contribution >= 4 is 47.1 Å². The van der Waals surface area contributed by atoms with Crippen LogP contribution in [0.5, 0.6) is 0 Å². The highest BCUT2D eigenvalue weighted by Crippen LogP contribution is 2.36. The highest BCUT2D eigenvalue weighted by Gasteiger charge is 2.34. The number of hydrogen-bond donors (Lipinski definition) is 2. The Morgan fingerprint density at radius 2 is 2.07 bits per heavy atom. The number of aromatic amines is 1. The van der Waals surface area contributed by atoms with Gasteiger partial charge in [-0.1, -0.05) is 23.4 Å². The van der Waals surface area contributed by atoms with Crippen molar-refractivity contribution in [1.82, 2.24) is 15.2 Å². The Hall–Kier alpha value is -2.72. The Morgan fingerprint density at radius 3 is 2.73 bits per heavy atom. The number of carbonyl (C=O) groups excluding carboxylic acids is 1. The summed E-state index contributed by atoms with van der Waals surface area (Å²) in [4.78, 5) is 16.6. The standard InChI is InChI=1S/C19H16ClF3N4O2S/c1-10-3-5-13(29-10)6-8-16-25-18(27-26-16)30-11(2)17(28)24-15-7-4-12(20)9-14(15)19(21,22)23/h3-9,11H,1-2H3,(H,24,28)(H,25,26,27)/b8-6+. The molecule has 6 nitrogen and oxygen atoms in total. The van der Waals surface area contributed by atoms with Crippen LogP contribution in [0.3, 0.4) is 0 Å². The van der Waals surface area contributed by atoms with Gasteiger partial charge >= 0.3 is 6.18 Å². The maximum absolute atomic E-state index is 13.2. The molecule has 1 amide bonds. The average molecular weight is 457 g/mol. The summed E-state index contributed by atoms with van der Waals surface area (Å²) in [5.74, 6) is 1.24. The third kappa shape index (κ3) is 5.67. The second kappa shape index (κ2) is 8.97. The van der Waals surface area contributed by atoms with Gasteiger partial charge in [-0.15, -0.1) is 5.10 Å². The van der Waals surface area contributed by atoms with Gasteiger partial charge < -0.3 is 9.73 Å². The van der Waals surface area contributed by atoms with Gasteiger partial charge in [0.2, 0.25) is 11.1 Å². The van der Waals surface area contributed by atoms with Gasteiger partial charge in [0.25, 0.3) is 0 Å². The SMILES string of the molecule is Cc1ccc(/C=C/c2nc(SC(C)C(=O)Nc3ccc(Cl)cc3C(F)(F)F)n[nH]2)o1. The fourth-order valence-corrected chi connectivity index (χ4v) is 3.30. The van der Waals surface area contributed by atoms with Gasteiger partial charge in [0.05, 0.1) is 16.5 Å². The van der Waals surface area contributed by atoms with Crippen molar-refractivity contribution in [3.8, 4) is 0 Å². The molecule has 2 heterocycles. The number of H-pyrrole nitrogens is 1. The molecule has 0 fully saturated rings. The van der Waals surface area contributed by atoms with Crippen LogP contribution in [0.4, 0.5) is 18.9 Å². The quantitative estimate of drug-likeness (QED) is 0.467. The number of thioether (sulfide) groups is 1. The number of benzene rings is 1. The number of nitrogens with one attached hydrogen (secondary N) is 2. The first-order chi connectivity index (χ1) is 14.1. The highest BCUT2D eigenvalue weighted by atomic mass is 35.5. The van der Waals surface area contributed by atoms with E-state index in [-0.39, 0.29) is 15.9 Å². The molecule has 0 saturated heterocycles. The molecular weight excluding hydrogens is 441 g/mol. The number of hydrogen-bond acceptors (Lipinski definition) is 5. The molecule has 0 spiro atoms. The summed E-state index contributed by atoms with van der Waals surface area (Å²) in [6, 6.07) is 6.79. The molecule has 0 aliphatic heterocycles. The van der Waals surface area contributed by atoms with Crippen LogP contribution in [0.25, 0.3) is 12.2 Å². The topological polar surface area (TPSA) is 83.8 Å². The molecule has 3 aromatic rings. The lowest BCUT2D eigenvalue weighted by atomic mass is 10.1. The lowest BCUT2D eigenvalue weighted by Gasteiger charge is -2.16. The van der Waals surface area contributed by atoms with E-state index in [0.29, 0.717) is 11.6 Å². The van der Waals surface area contributed by atoms with Crippen LogP contribution < -0.4 is 5.32 Å². The number of anilines is 1. The van der Waals surface area contributed by atoms with E-state index in [0.717, 1.165) is 29.7 Å². The van der Waals surface area contributed by atoms with Crippen LogP contribution in [0.15, 0.2) is 39.9 Å². The summed E-state index contributed by atoms with van der Waals surface area (Å²) in [7, 11) is 0. The summed E-state index contributed by atoms with van der Waals surface area (Å²) >= 11 is 6.65. The zero-order valence-corrected chi connectivity index (χ0v) is 17.3. The van der Waals surface area contributed by atoms with E-state index in [1.807, 2.05) is 13.0 Å². The minimum Gasteiger partial charge on any atom is -0.462 e. The monoisotopic (exact) mass is 456 g/mol. The minimum absolute atomic E-state index is 0.0752. The van der Waals surface area contributed by atoms with E-state index in [1.165, 1.54) is 6.07 Å². The molecule has 0 aliphatic rings. The lowest BCUT2D eigenvalue weighted by Crippen LogP contribution is -2.24. The number of amides is 1. The number of nitrogens with zero attached hydrogens (tertiary/aromatic N) is 2. The van der Waals surface area contributed by atoms with Crippen LogP contribution in [0.2, 0.25) is 5.02 Å². The Labute approximate surface area is 178 Å². The minimum atomic E-state index is -4.65. The Morgan fingerprint density at radius 1 is 1.30 bits per heavy atom. The summed E-state index contributed by atoms with van der Waals surface area (Å²) in [6.07, 6.45) is -1.29. The fourth-order valence-electron chi connectivity index (χ4n) is 2.40. The van der Waals surface area contributed by atoms with Crippen molar-refractivity contribution in [2.75, 3.05) is 5.32 Å². The number of alkyl halides is 3. The van der Waals surface area contributed by atoms with E-state index >= 15 is 0 Å². The largest absolute Gasteiger partial charge is 0.462 e. The van der Waals surface area contributed by atoms with Gasteiger partial charge in [-0.05, 0) is 56.3 Å². The van der Waals surface area contributed by atoms with Crippen molar-refractivity contribution in [2.24, 2.45) is 0 Å². The molecular formula is C19H16ClF3N4O2S. The van der Waals surface area contributed by atoms with Crippen molar-refractivity contribution in [3.05, 3.63) is 58.3 Å². The first-order valence-electron chi connectivity index (χ1n) is 8.63.